The molecule has 2 aliphatic rings. The van der Waals surface area contributed by atoms with Crippen LogP contribution in [0, 0.1) is 5.21 Å². The van der Waals surface area contributed by atoms with Crippen LogP contribution in [0.1, 0.15) is 32.1 Å². The lowest BCUT2D eigenvalue weighted by Crippen LogP contribution is -2.58. The molecule has 0 aromatic rings. The first-order valence-corrected chi connectivity index (χ1v) is 5.11. The zero-order valence-corrected chi connectivity index (χ0v) is 7.87. The predicted octanol–water partition coefficient (Wildman–Crippen LogP) is 1.02. The lowest BCUT2D eigenvalue weighted by molar-refractivity contribution is -0.984. The minimum atomic E-state index is -0.362. The van der Waals surface area contributed by atoms with Crippen LogP contribution in [0.15, 0.2) is 0 Å². The highest BCUT2D eigenvalue weighted by atomic mass is 16.6. The maximum atomic E-state index is 12.2. The van der Waals surface area contributed by atoms with Gasteiger partial charge in [-0.1, -0.05) is 0 Å². The molecule has 0 saturated carbocycles. The Morgan fingerprint density at radius 3 is 2.38 bits per heavy atom. The maximum absolute atomic E-state index is 12.2. The van der Waals surface area contributed by atoms with Crippen LogP contribution >= 0.6 is 0 Å². The van der Waals surface area contributed by atoms with Gasteiger partial charge in [-0.2, -0.15) is 5.01 Å². The largest absolute Gasteiger partial charge is 0.606 e. The van der Waals surface area contributed by atoms with Gasteiger partial charge in [-0.25, -0.2) is 0 Å². The first-order chi connectivity index (χ1) is 6.22. The maximum Gasteiger partial charge on any atom is 0.268 e. The number of hydroxylamine groups is 2. The molecule has 2 rings (SSSR count). The fraction of sp³-hybridized carbons (Fsp3) is 0.889. The fourth-order valence-corrected chi connectivity index (χ4v) is 2.27. The zero-order valence-electron chi connectivity index (χ0n) is 7.87. The van der Waals surface area contributed by atoms with Crippen molar-refractivity contribution in [3.63, 3.8) is 0 Å². The molecule has 0 aliphatic carbocycles. The summed E-state index contributed by atoms with van der Waals surface area (Å²) >= 11 is 0. The van der Waals surface area contributed by atoms with Crippen LogP contribution in [0.3, 0.4) is 0 Å². The molecule has 0 N–H and O–H groups in total. The number of piperidine rings is 1. The van der Waals surface area contributed by atoms with Gasteiger partial charge in [-0.3, -0.25) is 9.55 Å². The van der Waals surface area contributed by atoms with Crippen molar-refractivity contribution < 1.29 is 9.55 Å². The van der Waals surface area contributed by atoms with E-state index in [2.05, 4.69) is 0 Å². The molecule has 4 nitrogen and oxygen atoms in total. The van der Waals surface area contributed by atoms with Crippen molar-refractivity contribution in [1.82, 2.24) is 5.01 Å². The lowest BCUT2D eigenvalue weighted by atomic mass is 10.1. The number of nitrogens with zero attached hydrogens (tertiary/aromatic N) is 2. The molecule has 0 aromatic heterocycles. The molecule has 74 valence electrons. The average Bonchev–Trinajstić information content (AvgIpc) is 2.53. The van der Waals surface area contributed by atoms with Crippen LogP contribution in [0.25, 0.3) is 0 Å². The summed E-state index contributed by atoms with van der Waals surface area (Å²) in [7, 11) is 0. The Bertz CT molecular complexity index is 212. The van der Waals surface area contributed by atoms with Crippen molar-refractivity contribution in [1.29, 1.82) is 0 Å². The Morgan fingerprint density at radius 2 is 1.85 bits per heavy atom. The van der Waals surface area contributed by atoms with E-state index >= 15 is 0 Å². The Kier molecular flexibility index (Phi) is 2.26. The number of amides is 1. The molecule has 1 amide bonds. The van der Waals surface area contributed by atoms with E-state index in [4.69, 9.17) is 0 Å². The van der Waals surface area contributed by atoms with Gasteiger partial charge >= 0.3 is 0 Å². The van der Waals surface area contributed by atoms with Crippen LogP contribution in [0.4, 0.5) is 0 Å². The molecule has 4 heteroatoms. The first kappa shape index (κ1) is 8.97. The molecule has 0 radical (unpaired) electrons. The molecule has 0 atom stereocenters. The Labute approximate surface area is 78.3 Å². The van der Waals surface area contributed by atoms with Crippen LogP contribution in [-0.4, -0.2) is 35.3 Å². The van der Waals surface area contributed by atoms with Gasteiger partial charge in [0.15, 0.2) is 0 Å². The Morgan fingerprint density at radius 1 is 1.15 bits per heavy atom. The second-order valence-electron chi connectivity index (χ2n) is 3.97. The summed E-state index contributed by atoms with van der Waals surface area (Å²) < 4.78 is -0.362. The normalized spacial score (nSPS) is 28.1. The number of carbonyl (C=O) groups excluding carboxylic acids is 1. The van der Waals surface area contributed by atoms with Crippen molar-refractivity contribution >= 4 is 5.91 Å². The summed E-state index contributed by atoms with van der Waals surface area (Å²) in [4.78, 5) is 11.4. The molecule has 2 heterocycles. The number of carbonyl (C=O) groups is 1. The van der Waals surface area contributed by atoms with Crippen LogP contribution in [0.5, 0.6) is 0 Å². The summed E-state index contributed by atoms with van der Waals surface area (Å²) in [5.74, 6) is 0.0527. The summed E-state index contributed by atoms with van der Waals surface area (Å²) in [6, 6.07) is 0. The van der Waals surface area contributed by atoms with Gasteiger partial charge in [0.25, 0.3) is 5.91 Å². The standard InChI is InChI=1S/C9H16N2O2/c12-9-5-4-6-10(9)11(13)7-2-1-3-8-11/h1-8H2. The van der Waals surface area contributed by atoms with Gasteiger partial charge in [-0.15, -0.1) is 0 Å². The molecule has 2 fully saturated rings. The molecule has 0 aromatic carbocycles. The highest BCUT2D eigenvalue weighted by molar-refractivity contribution is 5.76. The second-order valence-corrected chi connectivity index (χ2v) is 3.97. The van der Waals surface area contributed by atoms with Crippen molar-refractivity contribution in [3.05, 3.63) is 5.21 Å². The number of hydrogen-bond acceptors (Lipinski definition) is 2. The van der Waals surface area contributed by atoms with E-state index in [0.717, 1.165) is 25.7 Å². The van der Waals surface area contributed by atoms with Crippen molar-refractivity contribution in [2.24, 2.45) is 0 Å². The molecule has 2 saturated heterocycles. The van der Waals surface area contributed by atoms with Crippen molar-refractivity contribution in [2.75, 3.05) is 19.6 Å². The van der Waals surface area contributed by atoms with E-state index in [1.165, 1.54) is 5.01 Å². The van der Waals surface area contributed by atoms with Gasteiger partial charge in [0.05, 0.1) is 6.54 Å². The SMILES string of the molecule is O=C1CCCN1[N+]1([O-])CCCCC1. The lowest BCUT2D eigenvalue weighted by Gasteiger charge is -2.49. The fourth-order valence-electron chi connectivity index (χ4n) is 2.27. The third-order valence-electron chi connectivity index (χ3n) is 3.00. The van der Waals surface area contributed by atoms with E-state index < -0.39 is 0 Å². The molecule has 0 unspecified atom stereocenters. The molecule has 0 spiro atoms. The first-order valence-electron chi connectivity index (χ1n) is 5.11. The van der Waals surface area contributed by atoms with E-state index in [0.29, 0.717) is 26.1 Å². The molecule has 0 bridgehead atoms. The minimum Gasteiger partial charge on any atom is -0.606 e. The van der Waals surface area contributed by atoms with E-state index in [1.807, 2.05) is 0 Å². The second kappa shape index (κ2) is 3.27. The van der Waals surface area contributed by atoms with Crippen LogP contribution in [0.2, 0.25) is 0 Å². The van der Waals surface area contributed by atoms with Crippen molar-refractivity contribution in [2.45, 2.75) is 32.1 Å². The predicted molar refractivity (Wildman–Crippen MR) is 48.2 cm³/mol. The summed E-state index contributed by atoms with van der Waals surface area (Å²) in [6.45, 7) is 1.87. The Hall–Kier alpha value is -0.610. The van der Waals surface area contributed by atoms with Crippen LogP contribution in [-0.2, 0) is 4.79 Å². The third kappa shape index (κ3) is 1.56. The highest BCUT2D eigenvalue weighted by Gasteiger charge is 2.35. The smallest absolute Gasteiger partial charge is 0.268 e. The van der Waals surface area contributed by atoms with Crippen molar-refractivity contribution in [3.8, 4) is 0 Å². The van der Waals surface area contributed by atoms with Gasteiger partial charge in [0, 0.05) is 6.42 Å². The zero-order chi connectivity index (χ0) is 9.31. The van der Waals surface area contributed by atoms with Gasteiger partial charge in [0.1, 0.15) is 13.1 Å². The molecule has 2 aliphatic heterocycles. The highest BCUT2D eigenvalue weighted by Crippen LogP contribution is 2.25. The van der Waals surface area contributed by atoms with Gasteiger partial charge in [0.2, 0.25) is 0 Å². The average molecular weight is 184 g/mol. The van der Waals surface area contributed by atoms with Crippen LogP contribution < -0.4 is 0 Å². The number of rotatable bonds is 1. The van der Waals surface area contributed by atoms with E-state index in [-0.39, 0.29) is 10.7 Å². The Balaban J connectivity index is 2.07. The molecular formula is C9H16N2O2. The van der Waals surface area contributed by atoms with E-state index in [1.54, 1.807) is 0 Å². The van der Waals surface area contributed by atoms with Gasteiger partial charge in [-0.05, 0) is 25.7 Å². The quantitative estimate of drug-likeness (QED) is 0.451. The van der Waals surface area contributed by atoms with Gasteiger partial charge < -0.3 is 5.21 Å². The third-order valence-corrected chi connectivity index (χ3v) is 3.00. The monoisotopic (exact) mass is 184 g/mol. The molecular weight excluding hydrogens is 168 g/mol. The molecule has 13 heavy (non-hydrogen) atoms. The topological polar surface area (TPSA) is 43.4 Å². The van der Waals surface area contributed by atoms with E-state index in [9.17, 15) is 10.0 Å². The number of quaternary nitrogens is 1. The minimum absolute atomic E-state index is 0.0527. The summed E-state index contributed by atoms with van der Waals surface area (Å²) in [5.41, 5.74) is 0. The summed E-state index contributed by atoms with van der Waals surface area (Å²) in [5, 5.41) is 13.7. The summed E-state index contributed by atoms with van der Waals surface area (Å²) in [6.07, 6.45) is 4.51. The number of hydrogen-bond donors (Lipinski definition) is 0.